The molecule has 0 bridgehead atoms. The molecule has 0 radical (unpaired) electrons. The van der Waals surface area contributed by atoms with Crippen LogP contribution in [0.15, 0.2) is 63.2 Å². The molecule has 0 aliphatic heterocycles. The number of carbonyl (C=O) groups excluding carboxylic acids is 1. The first-order valence-electron chi connectivity index (χ1n) is 9.59. The molecule has 0 aliphatic rings. The van der Waals surface area contributed by atoms with Crippen molar-refractivity contribution in [3.05, 3.63) is 53.9 Å². The first kappa shape index (κ1) is 21.8. The Bertz CT molecular complexity index is 1360. The molecule has 1 N–H and O–H groups in total. The maximum atomic E-state index is 12.5. The molecule has 4 aromatic rings. The molecule has 2 aromatic heterocycles. The largest absolute Gasteiger partial charge is 0.497 e. The van der Waals surface area contributed by atoms with Gasteiger partial charge in [-0.15, -0.1) is 11.3 Å². The lowest BCUT2D eigenvalue weighted by Gasteiger charge is -2.06. The lowest BCUT2D eigenvalue weighted by molar-refractivity contribution is -0.115. The van der Waals surface area contributed by atoms with Crippen LogP contribution in [-0.4, -0.2) is 39.3 Å². The monoisotopic (exact) mass is 472 g/mol. The molecule has 166 valence electrons. The Hall–Kier alpha value is -3.37. The maximum Gasteiger partial charge on any atom is 0.227 e. The highest BCUT2D eigenvalue weighted by atomic mass is 32.2. The normalized spacial score (nSPS) is 11.4. The Balaban J connectivity index is 1.40. The van der Waals surface area contributed by atoms with E-state index in [0.29, 0.717) is 33.7 Å². The number of carbonyl (C=O) groups is 1. The summed E-state index contributed by atoms with van der Waals surface area (Å²) in [6.07, 6.45) is -0.189. The number of thiazole rings is 1. The molecule has 2 heterocycles. The van der Waals surface area contributed by atoms with Crippen molar-refractivity contribution >= 4 is 43.2 Å². The van der Waals surface area contributed by atoms with Gasteiger partial charge < -0.3 is 19.2 Å². The Morgan fingerprint density at radius 1 is 1.12 bits per heavy atom. The highest BCUT2D eigenvalue weighted by Crippen LogP contribution is 2.34. The number of hydrogen-bond donors (Lipinski definition) is 1. The number of rotatable bonds is 8. The van der Waals surface area contributed by atoms with Gasteiger partial charge in [0, 0.05) is 17.2 Å². The zero-order valence-corrected chi connectivity index (χ0v) is 19.0. The zero-order valence-electron chi connectivity index (χ0n) is 17.3. The van der Waals surface area contributed by atoms with Crippen molar-refractivity contribution in [1.29, 1.82) is 0 Å². The molecule has 0 spiro atoms. The summed E-state index contributed by atoms with van der Waals surface area (Å²) in [6.45, 7) is 0. The van der Waals surface area contributed by atoms with E-state index in [-0.39, 0.29) is 17.1 Å². The minimum absolute atomic E-state index is 0.142. The van der Waals surface area contributed by atoms with Gasteiger partial charge in [0.1, 0.15) is 11.4 Å². The van der Waals surface area contributed by atoms with Gasteiger partial charge in [0.2, 0.25) is 5.91 Å². The number of nitrogens with zero attached hydrogens (tertiary/aromatic N) is 1. The summed E-state index contributed by atoms with van der Waals surface area (Å²) >= 11 is 1.23. The number of benzene rings is 2. The molecule has 0 saturated heterocycles. The van der Waals surface area contributed by atoms with Crippen LogP contribution >= 0.6 is 11.3 Å². The molecule has 1 amide bonds. The van der Waals surface area contributed by atoms with Gasteiger partial charge in [-0.2, -0.15) is 0 Å². The highest BCUT2D eigenvalue weighted by Gasteiger charge is 2.18. The second-order valence-electron chi connectivity index (χ2n) is 6.82. The number of aromatic nitrogens is 1. The molecule has 0 fully saturated rings. The molecule has 32 heavy (non-hydrogen) atoms. The van der Waals surface area contributed by atoms with Crippen molar-refractivity contribution in [2.75, 3.05) is 25.3 Å². The number of fused-ring (bicyclic) bond motifs is 1. The Kier molecular flexibility index (Phi) is 6.15. The fraction of sp³-hybridized carbons (Fsp3) is 0.182. The first-order valence-corrected chi connectivity index (χ1v) is 12.1. The second-order valence-corrected chi connectivity index (χ2v) is 9.79. The van der Waals surface area contributed by atoms with Crippen LogP contribution in [0.25, 0.3) is 22.4 Å². The Labute approximate surface area is 188 Å². The molecular formula is C22H20N2O6S2. The average molecular weight is 473 g/mol. The van der Waals surface area contributed by atoms with Crippen LogP contribution in [0.5, 0.6) is 11.5 Å². The number of furan rings is 1. The average Bonchev–Trinajstić information content (AvgIpc) is 3.44. The third-order valence-corrected chi connectivity index (χ3v) is 7.24. The van der Waals surface area contributed by atoms with Gasteiger partial charge in [0.05, 0.1) is 24.9 Å². The van der Waals surface area contributed by atoms with E-state index in [9.17, 15) is 13.2 Å². The number of hydrogen-bond acceptors (Lipinski definition) is 8. The summed E-state index contributed by atoms with van der Waals surface area (Å²) in [7, 11) is -0.517. The summed E-state index contributed by atoms with van der Waals surface area (Å²) in [5.74, 6) is 0.976. The van der Waals surface area contributed by atoms with Crippen LogP contribution in [0.4, 0.5) is 5.13 Å². The molecule has 4 rings (SSSR count). The molecular weight excluding hydrogens is 452 g/mol. The minimum atomic E-state index is -3.59. The third-order valence-electron chi connectivity index (χ3n) is 4.75. The van der Waals surface area contributed by atoms with Crippen molar-refractivity contribution in [2.45, 2.75) is 11.3 Å². The van der Waals surface area contributed by atoms with E-state index in [2.05, 4.69) is 10.3 Å². The quantitative estimate of drug-likeness (QED) is 0.405. The summed E-state index contributed by atoms with van der Waals surface area (Å²) in [4.78, 5) is 16.8. The first-order chi connectivity index (χ1) is 15.4. The lowest BCUT2D eigenvalue weighted by Crippen LogP contribution is -2.17. The third kappa shape index (κ3) is 4.61. The van der Waals surface area contributed by atoms with Gasteiger partial charge in [0.15, 0.2) is 32.1 Å². The van der Waals surface area contributed by atoms with E-state index in [1.165, 1.54) is 30.6 Å². The van der Waals surface area contributed by atoms with Crippen LogP contribution in [0.1, 0.15) is 6.42 Å². The molecule has 0 saturated carbocycles. The van der Waals surface area contributed by atoms with Crippen LogP contribution < -0.4 is 14.8 Å². The lowest BCUT2D eigenvalue weighted by atomic mass is 10.2. The van der Waals surface area contributed by atoms with E-state index < -0.39 is 15.7 Å². The van der Waals surface area contributed by atoms with Gasteiger partial charge in [0.25, 0.3) is 0 Å². The summed E-state index contributed by atoms with van der Waals surface area (Å²) < 4.78 is 41.1. The van der Waals surface area contributed by atoms with Crippen molar-refractivity contribution in [3.8, 4) is 23.0 Å². The van der Waals surface area contributed by atoms with Crippen LogP contribution in [-0.2, 0) is 14.6 Å². The van der Waals surface area contributed by atoms with Gasteiger partial charge in [-0.1, -0.05) is 12.1 Å². The SMILES string of the molecule is COc1ccc(S(=O)(=O)CCC(=O)Nc2nc(-c3cc4cccc(OC)c4o3)cs2)cc1. The summed E-state index contributed by atoms with van der Waals surface area (Å²) in [5, 5.41) is 5.64. The van der Waals surface area contributed by atoms with Gasteiger partial charge in [-0.3, -0.25) is 4.79 Å². The molecule has 0 atom stereocenters. The van der Waals surface area contributed by atoms with E-state index in [1.54, 1.807) is 24.6 Å². The second kappa shape index (κ2) is 9.01. The summed E-state index contributed by atoms with van der Waals surface area (Å²) in [5.41, 5.74) is 1.18. The molecule has 0 aliphatic carbocycles. The number of sulfone groups is 1. The Morgan fingerprint density at radius 3 is 2.62 bits per heavy atom. The molecule has 8 nitrogen and oxygen atoms in total. The van der Waals surface area contributed by atoms with E-state index >= 15 is 0 Å². The number of methoxy groups -OCH3 is 2. The molecule has 10 heteroatoms. The van der Waals surface area contributed by atoms with Gasteiger partial charge in [-0.25, -0.2) is 13.4 Å². The van der Waals surface area contributed by atoms with E-state index in [0.717, 1.165) is 5.39 Å². The van der Waals surface area contributed by atoms with Crippen molar-refractivity contribution in [2.24, 2.45) is 0 Å². The zero-order chi connectivity index (χ0) is 22.7. The maximum absolute atomic E-state index is 12.5. The summed E-state index contributed by atoms with van der Waals surface area (Å²) in [6, 6.07) is 13.5. The topological polar surface area (TPSA) is 108 Å². The standard InChI is InChI=1S/C22H20N2O6S2/c1-28-15-6-8-16(9-7-15)32(26,27)11-10-20(25)24-22-23-17(13-31-22)19-12-14-4-3-5-18(29-2)21(14)30-19/h3-9,12-13H,10-11H2,1-2H3,(H,23,24,25). The van der Waals surface area contributed by atoms with Crippen LogP contribution in [0.2, 0.25) is 0 Å². The van der Waals surface area contributed by atoms with Gasteiger partial charge in [-0.05, 0) is 36.4 Å². The number of anilines is 1. The van der Waals surface area contributed by atoms with Crippen molar-refractivity contribution in [3.63, 3.8) is 0 Å². The van der Waals surface area contributed by atoms with E-state index in [4.69, 9.17) is 13.9 Å². The fourth-order valence-electron chi connectivity index (χ4n) is 3.08. The smallest absolute Gasteiger partial charge is 0.227 e. The highest BCUT2D eigenvalue weighted by molar-refractivity contribution is 7.91. The van der Waals surface area contributed by atoms with E-state index in [1.807, 2.05) is 24.3 Å². The minimum Gasteiger partial charge on any atom is -0.497 e. The fourth-order valence-corrected chi connectivity index (χ4v) is 5.03. The number of ether oxygens (including phenoxy) is 2. The Morgan fingerprint density at radius 2 is 1.91 bits per heavy atom. The van der Waals surface area contributed by atoms with Crippen molar-refractivity contribution < 1.29 is 27.1 Å². The van der Waals surface area contributed by atoms with Crippen molar-refractivity contribution in [1.82, 2.24) is 4.98 Å². The number of nitrogens with one attached hydrogen (secondary N) is 1. The van der Waals surface area contributed by atoms with Gasteiger partial charge >= 0.3 is 0 Å². The van der Waals surface area contributed by atoms with Crippen LogP contribution in [0.3, 0.4) is 0 Å². The predicted octanol–water partition coefficient (Wildman–Crippen LogP) is 4.38. The molecule has 2 aromatic carbocycles. The van der Waals surface area contributed by atoms with Crippen LogP contribution in [0, 0.1) is 0 Å². The number of para-hydroxylation sites is 1. The molecule has 0 unspecified atom stereocenters. The number of amides is 1. The predicted molar refractivity (Wildman–Crippen MR) is 122 cm³/mol.